The summed E-state index contributed by atoms with van der Waals surface area (Å²) in [5.74, 6) is 0. The fourth-order valence-electron chi connectivity index (χ4n) is 2.58. The quantitative estimate of drug-likeness (QED) is 0.772. The third-order valence-corrected chi connectivity index (χ3v) is 4.41. The lowest BCUT2D eigenvalue weighted by atomic mass is 10.0. The maximum absolute atomic E-state index is 5.42. The van der Waals surface area contributed by atoms with Crippen LogP contribution in [-0.4, -0.2) is 30.7 Å². The Morgan fingerprint density at radius 3 is 2.21 bits per heavy atom. The molecule has 0 aliphatic heterocycles. The first kappa shape index (κ1) is 18.4. The van der Waals surface area contributed by atoms with Crippen molar-refractivity contribution in [3.05, 3.63) is 65.2 Å². The highest BCUT2D eigenvalue weighted by atomic mass is 32.1. The van der Waals surface area contributed by atoms with Crippen molar-refractivity contribution in [2.24, 2.45) is 0 Å². The van der Waals surface area contributed by atoms with E-state index in [1.165, 1.54) is 16.7 Å². The van der Waals surface area contributed by atoms with E-state index in [1.54, 1.807) is 0 Å². The third-order valence-electron chi connectivity index (χ3n) is 4.16. The predicted molar refractivity (Wildman–Crippen MR) is 108 cm³/mol. The first-order valence-electron chi connectivity index (χ1n) is 8.36. The van der Waals surface area contributed by atoms with Crippen molar-refractivity contribution in [2.75, 3.05) is 26.0 Å². The summed E-state index contributed by atoms with van der Waals surface area (Å²) >= 11 is 5.42. The molecule has 2 aromatic rings. The average Bonchev–Trinajstić information content (AvgIpc) is 2.57. The predicted octanol–water partition coefficient (Wildman–Crippen LogP) is 4.15. The van der Waals surface area contributed by atoms with E-state index in [2.05, 4.69) is 79.9 Å². The smallest absolute Gasteiger partial charge is 0.170 e. The van der Waals surface area contributed by atoms with Crippen molar-refractivity contribution in [3.63, 3.8) is 0 Å². The zero-order chi connectivity index (χ0) is 17.5. The monoisotopic (exact) mass is 341 g/mol. The van der Waals surface area contributed by atoms with E-state index in [-0.39, 0.29) is 6.04 Å². The Bertz CT molecular complexity index is 648. The van der Waals surface area contributed by atoms with Crippen LogP contribution in [0, 0.1) is 6.92 Å². The van der Waals surface area contributed by atoms with Gasteiger partial charge in [-0.05, 0) is 62.9 Å². The second-order valence-corrected chi connectivity index (χ2v) is 6.68. The third kappa shape index (κ3) is 5.32. The highest BCUT2D eigenvalue weighted by molar-refractivity contribution is 7.80. The van der Waals surface area contributed by atoms with E-state index in [9.17, 15) is 0 Å². The van der Waals surface area contributed by atoms with E-state index < -0.39 is 0 Å². The molecule has 0 radical (unpaired) electrons. The molecule has 3 nitrogen and oxygen atoms in total. The molecule has 0 saturated carbocycles. The van der Waals surface area contributed by atoms with Crippen LogP contribution in [0.1, 0.15) is 29.7 Å². The van der Waals surface area contributed by atoms with E-state index >= 15 is 0 Å². The largest absolute Gasteiger partial charge is 0.361 e. The lowest BCUT2D eigenvalue weighted by Gasteiger charge is -2.26. The zero-order valence-electron chi connectivity index (χ0n) is 15.0. The zero-order valence-corrected chi connectivity index (χ0v) is 15.8. The minimum atomic E-state index is 0.272. The first-order valence-corrected chi connectivity index (χ1v) is 8.77. The van der Waals surface area contributed by atoms with Crippen molar-refractivity contribution < 1.29 is 0 Å². The van der Waals surface area contributed by atoms with Crippen molar-refractivity contribution in [3.8, 4) is 0 Å². The number of thiocarbonyl (C=S) groups is 1. The molecule has 2 rings (SSSR count). The van der Waals surface area contributed by atoms with E-state index in [0.717, 1.165) is 18.7 Å². The summed E-state index contributed by atoms with van der Waals surface area (Å²) in [6.45, 7) is 5.01. The molecule has 0 aliphatic carbocycles. The van der Waals surface area contributed by atoms with Gasteiger partial charge in [-0.15, -0.1) is 0 Å². The van der Waals surface area contributed by atoms with Crippen molar-refractivity contribution >= 4 is 23.0 Å². The molecule has 128 valence electrons. The molecule has 0 spiro atoms. The van der Waals surface area contributed by atoms with Crippen LogP contribution in [0.2, 0.25) is 0 Å². The lowest BCUT2D eigenvalue weighted by Crippen LogP contribution is -2.36. The minimum absolute atomic E-state index is 0.272. The molecule has 2 aromatic carbocycles. The van der Waals surface area contributed by atoms with Crippen LogP contribution >= 0.6 is 12.2 Å². The highest BCUT2D eigenvalue weighted by Gasteiger charge is 2.14. The van der Waals surface area contributed by atoms with Gasteiger partial charge in [0, 0.05) is 12.2 Å². The molecule has 0 saturated heterocycles. The van der Waals surface area contributed by atoms with Gasteiger partial charge in [0.1, 0.15) is 0 Å². The lowest BCUT2D eigenvalue weighted by molar-refractivity contribution is 0.299. The van der Waals surface area contributed by atoms with Crippen LogP contribution in [0.25, 0.3) is 0 Å². The summed E-state index contributed by atoms with van der Waals surface area (Å²) in [5.41, 5.74) is 4.90. The van der Waals surface area contributed by atoms with Crippen LogP contribution in [-0.2, 0) is 6.42 Å². The molecule has 0 heterocycles. The highest BCUT2D eigenvalue weighted by Crippen LogP contribution is 2.18. The Hall–Kier alpha value is -1.91. The number of benzene rings is 2. The Kier molecular flexibility index (Phi) is 6.76. The molecule has 0 unspecified atom stereocenters. The number of rotatable bonds is 6. The Balaban J connectivity index is 1.95. The van der Waals surface area contributed by atoms with Crippen LogP contribution < -0.4 is 10.6 Å². The van der Waals surface area contributed by atoms with Crippen LogP contribution in [0.3, 0.4) is 0 Å². The van der Waals surface area contributed by atoms with E-state index in [4.69, 9.17) is 12.2 Å². The second-order valence-electron chi connectivity index (χ2n) is 6.28. The summed E-state index contributed by atoms with van der Waals surface area (Å²) < 4.78 is 0. The van der Waals surface area contributed by atoms with E-state index in [0.29, 0.717) is 5.11 Å². The normalized spacial score (nSPS) is 12.0. The van der Waals surface area contributed by atoms with Gasteiger partial charge in [0.2, 0.25) is 0 Å². The number of hydrogen-bond donors (Lipinski definition) is 2. The number of nitrogens with zero attached hydrogens (tertiary/aromatic N) is 1. The first-order chi connectivity index (χ1) is 11.5. The van der Waals surface area contributed by atoms with Crippen LogP contribution in [0.4, 0.5) is 5.69 Å². The van der Waals surface area contributed by atoms with Crippen molar-refractivity contribution in [1.82, 2.24) is 10.2 Å². The fraction of sp³-hybridized carbons (Fsp3) is 0.350. The average molecular weight is 342 g/mol. The summed E-state index contributed by atoms with van der Waals surface area (Å²) in [6.07, 6.45) is 1.07. The second kappa shape index (κ2) is 8.81. The minimum Gasteiger partial charge on any atom is -0.361 e. The number of aryl methyl sites for hydroxylation is 2. The molecule has 24 heavy (non-hydrogen) atoms. The molecular weight excluding hydrogens is 314 g/mol. The van der Waals surface area contributed by atoms with Gasteiger partial charge in [-0.1, -0.05) is 48.9 Å². The molecule has 2 N–H and O–H groups in total. The Labute approximate surface area is 151 Å². The van der Waals surface area contributed by atoms with Crippen molar-refractivity contribution in [2.45, 2.75) is 26.3 Å². The fourth-order valence-corrected chi connectivity index (χ4v) is 2.78. The van der Waals surface area contributed by atoms with Gasteiger partial charge in [0.15, 0.2) is 5.11 Å². The standard InChI is InChI=1S/C20H27N3S/c1-5-16-8-10-17(11-9-16)19(23(3)4)14-21-20(24)22-18-12-6-15(2)7-13-18/h6-13,19H,5,14H2,1-4H3,(H2,21,22,24)/t19-/m0/s1. The van der Waals surface area contributed by atoms with Gasteiger partial charge >= 0.3 is 0 Å². The SMILES string of the molecule is CCc1ccc([C@H](CNC(=S)Nc2ccc(C)cc2)N(C)C)cc1. The number of anilines is 1. The number of likely N-dealkylation sites (N-methyl/N-ethyl adjacent to an activating group) is 1. The summed E-state index contributed by atoms with van der Waals surface area (Å²) in [7, 11) is 4.19. The maximum Gasteiger partial charge on any atom is 0.170 e. The molecule has 0 fully saturated rings. The van der Waals surface area contributed by atoms with Gasteiger partial charge in [-0.3, -0.25) is 0 Å². The van der Waals surface area contributed by atoms with E-state index in [1.807, 2.05) is 12.1 Å². The van der Waals surface area contributed by atoms with Crippen molar-refractivity contribution in [1.29, 1.82) is 0 Å². The Morgan fingerprint density at radius 2 is 1.67 bits per heavy atom. The van der Waals surface area contributed by atoms with Gasteiger partial charge in [-0.25, -0.2) is 0 Å². The van der Waals surface area contributed by atoms with Crippen LogP contribution in [0.15, 0.2) is 48.5 Å². The summed E-state index contributed by atoms with van der Waals surface area (Å²) in [4.78, 5) is 2.21. The summed E-state index contributed by atoms with van der Waals surface area (Å²) in [6, 6.07) is 17.3. The number of nitrogens with one attached hydrogen (secondary N) is 2. The molecule has 0 bridgehead atoms. The molecule has 4 heteroatoms. The molecule has 0 aliphatic rings. The molecule has 0 aromatic heterocycles. The molecular formula is C20H27N3S. The Morgan fingerprint density at radius 1 is 1.04 bits per heavy atom. The van der Waals surface area contributed by atoms with Gasteiger partial charge in [0.25, 0.3) is 0 Å². The van der Waals surface area contributed by atoms with Gasteiger partial charge in [0.05, 0.1) is 6.04 Å². The summed E-state index contributed by atoms with van der Waals surface area (Å²) in [5, 5.41) is 7.22. The van der Waals surface area contributed by atoms with Gasteiger partial charge in [-0.2, -0.15) is 0 Å². The molecule has 1 atom stereocenters. The topological polar surface area (TPSA) is 27.3 Å². The number of hydrogen-bond acceptors (Lipinski definition) is 2. The van der Waals surface area contributed by atoms with Crippen LogP contribution in [0.5, 0.6) is 0 Å². The van der Waals surface area contributed by atoms with Gasteiger partial charge < -0.3 is 15.5 Å². The maximum atomic E-state index is 5.42. The molecule has 0 amide bonds.